The summed E-state index contributed by atoms with van der Waals surface area (Å²) < 4.78 is 16.9. The maximum atomic E-state index is 12.8. The molecule has 0 aliphatic rings. The first-order chi connectivity index (χ1) is 32.1. The van der Waals surface area contributed by atoms with Crippen LogP contribution in [0, 0.1) is 17.8 Å². The van der Waals surface area contributed by atoms with Gasteiger partial charge in [0.05, 0.1) is 0 Å². The van der Waals surface area contributed by atoms with Crippen molar-refractivity contribution < 1.29 is 28.6 Å². The van der Waals surface area contributed by atoms with Crippen molar-refractivity contribution in [2.24, 2.45) is 17.8 Å². The summed E-state index contributed by atoms with van der Waals surface area (Å²) in [7, 11) is 0. The van der Waals surface area contributed by atoms with Gasteiger partial charge in [0.15, 0.2) is 6.10 Å². The van der Waals surface area contributed by atoms with Crippen LogP contribution in [-0.2, 0) is 28.6 Å². The predicted molar refractivity (Wildman–Crippen MR) is 284 cm³/mol. The number of hydrogen-bond acceptors (Lipinski definition) is 6. The second-order valence-electron chi connectivity index (χ2n) is 22.1. The third-order valence-corrected chi connectivity index (χ3v) is 13.6. The van der Waals surface area contributed by atoms with Gasteiger partial charge in [-0.05, 0) is 37.0 Å². The summed E-state index contributed by atoms with van der Waals surface area (Å²) in [6, 6.07) is 0. The Kier molecular flexibility index (Phi) is 50.0. The molecule has 0 bridgehead atoms. The molecule has 0 heterocycles. The minimum atomic E-state index is -0.764. The van der Waals surface area contributed by atoms with Crippen LogP contribution in [0.25, 0.3) is 0 Å². The molecule has 6 nitrogen and oxygen atoms in total. The van der Waals surface area contributed by atoms with Crippen molar-refractivity contribution in [1.29, 1.82) is 0 Å². The zero-order chi connectivity index (χ0) is 48.4. The zero-order valence-electron chi connectivity index (χ0n) is 45.5. The Morgan fingerprint density at radius 1 is 0.258 bits per heavy atom. The van der Waals surface area contributed by atoms with Crippen LogP contribution >= 0.6 is 0 Å². The number of esters is 3. The summed E-state index contributed by atoms with van der Waals surface area (Å²) in [6.07, 6.45) is 53.9. The number of rotatable bonds is 53. The lowest BCUT2D eigenvalue weighted by atomic mass is 10.0. The summed E-state index contributed by atoms with van der Waals surface area (Å²) in [5.74, 6) is 1.66. The van der Waals surface area contributed by atoms with Crippen molar-refractivity contribution >= 4 is 17.9 Å². The van der Waals surface area contributed by atoms with Gasteiger partial charge >= 0.3 is 17.9 Å². The van der Waals surface area contributed by atoms with E-state index in [9.17, 15) is 14.4 Å². The molecule has 6 heteroatoms. The Morgan fingerprint density at radius 3 is 0.652 bits per heavy atom. The van der Waals surface area contributed by atoms with Crippen LogP contribution in [-0.4, -0.2) is 37.2 Å². The van der Waals surface area contributed by atoms with Crippen molar-refractivity contribution in [1.82, 2.24) is 0 Å². The van der Waals surface area contributed by atoms with E-state index in [-0.39, 0.29) is 31.1 Å². The molecule has 0 aromatic heterocycles. The maximum absolute atomic E-state index is 12.8. The Morgan fingerprint density at radius 2 is 0.439 bits per heavy atom. The van der Waals surface area contributed by atoms with E-state index in [2.05, 4.69) is 41.5 Å². The molecule has 0 aromatic rings. The lowest BCUT2D eigenvalue weighted by Crippen LogP contribution is -2.30. The van der Waals surface area contributed by atoms with Gasteiger partial charge in [-0.3, -0.25) is 14.4 Å². The van der Waals surface area contributed by atoms with Crippen LogP contribution in [0.2, 0.25) is 0 Å². The van der Waals surface area contributed by atoms with Crippen molar-refractivity contribution in [3.63, 3.8) is 0 Å². The fourth-order valence-corrected chi connectivity index (χ4v) is 9.18. The smallest absolute Gasteiger partial charge is 0.306 e. The Bertz CT molecular complexity index is 1020. The van der Waals surface area contributed by atoms with E-state index >= 15 is 0 Å². The Labute approximate surface area is 412 Å². The van der Waals surface area contributed by atoms with E-state index in [1.54, 1.807) is 0 Å². The molecule has 0 radical (unpaired) electrons. The molecule has 0 aromatic carbocycles. The van der Waals surface area contributed by atoms with Crippen molar-refractivity contribution in [3.8, 4) is 0 Å². The van der Waals surface area contributed by atoms with Crippen LogP contribution in [0.3, 0.4) is 0 Å². The molecule has 0 saturated carbocycles. The molecule has 0 fully saturated rings. The number of unbranched alkanes of at least 4 members (excludes halogenated alkanes) is 36. The maximum Gasteiger partial charge on any atom is 0.306 e. The SMILES string of the molecule is CC(C)CCCCCCCCCCCCCCCCCCCCC(=O)OC[C@@H](COC(=O)CCCCCCCCCCCCCC(C)C)OC(=O)CCCCCCCCCCCCC(C)C. The first kappa shape index (κ1) is 64.4. The van der Waals surface area contributed by atoms with Gasteiger partial charge in [0.25, 0.3) is 0 Å². The van der Waals surface area contributed by atoms with Crippen LogP contribution in [0.5, 0.6) is 0 Å². The average Bonchev–Trinajstić information content (AvgIpc) is 3.28. The molecule has 0 aliphatic heterocycles. The predicted octanol–water partition coefficient (Wildman–Crippen LogP) is 19.5. The van der Waals surface area contributed by atoms with E-state index in [4.69, 9.17) is 14.2 Å². The number of carbonyl (C=O) groups excluding carboxylic acids is 3. The molecule has 0 saturated heterocycles. The van der Waals surface area contributed by atoms with Gasteiger partial charge in [-0.2, -0.15) is 0 Å². The standard InChI is InChI=1S/C60H116O6/c1-54(2)46-40-34-28-22-16-13-11-9-7-8-10-12-14-18-25-31-37-43-49-58(61)64-52-57(66-60(63)51-45-39-33-27-21-20-24-30-36-42-48-56(5)6)53-65-59(62)50-44-38-32-26-19-15-17-23-29-35-41-47-55(3)4/h54-57H,7-53H2,1-6H3/t57-/m0/s1. The van der Waals surface area contributed by atoms with Gasteiger partial charge in [-0.15, -0.1) is 0 Å². The monoisotopic (exact) mass is 933 g/mol. The van der Waals surface area contributed by atoms with Crippen LogP contribution in [0.1, 0.15) is 330 Å². The van der Waals surface area contributed by atoms with Crippen molar-refractivity contribution in [2.45, 2.75) is 337 Å². The summed E-state index contributed by atoms with van der Waals surface area (Å²) >= 11 is 0. The minimum absolute atomic E-state index is 0.0635. The topological polar surface area (TPSA) is 78.9 Å². The average molecular weight is 934 g/mol. The van der Waals surface area contributed by atoms with Crippen LogP contribution < -0.4 is 0 Å². The second kappa shape index (κ2) is 51.3. The zero-order valence-corrected chi connectivity index (χ0v) is 45.5. The number of hydrogen-bond donors (Lipinski definition) is 0. The highest BCUT2D eigenvalue weighted by Crippen LogP contribution is 2.19. The molecule has 0 N–H and O–H groups in total. The van der Waals surface area contributed by atoms with Gasteiger partial charge in [0.1, 0.15) is 13.2 Å². The Balaban J connectivity index is 4.24. The fraction of sp³-hybridized carbons (Fsp3) is 0.950. The van der Waals surface area contributed by atoms with Crippen molar-refractivity contribution in [2.75, 3.05) is 13.2 Å². The first-order valence-electron chi connectivity index (χ1n) is 29.6. The number of ether oxygens (including phenoxy) is 3. The van der Waals surface area contributed by atoms with Gasteiger partial charge in [-0.25, -0.2) is 0 Å². The van der Waals surface area contributed by atoms with Crippen LogP contribution in [0.4, 0.5) is 0 Å². The third-order valence-electron chi connectivity index (χ3n) is 13.6. The number of carbonyl (C=O) groups is 3. The first-order valence-corrected chi connectivity index (χ1v) is 29.6. The third kappa shape index (κ3) is 53.4. The molecular weight excluding hydrogens is 817 g/mol. The lowest BCUT2D eigenvalue weighted by Gasteiger charge is -2.18. The van der Waals surface area contributed by atoms with Crippen molar-refractivity contribution in [3.05, 3.63) is 0 Å². The van der Waals surface area contributed by atoms with E-state index in [0.717, 1.165) is 75.5 Å². The lowest BCUT2D eigenvalue weighted by molar-refractivity contribution is -0.167. The van der Waals surface area contributed by atoms with Gasteiger partial charge in [0, 0.05) is 19.3 Å². The highest BCUT2D eigenvalue weighted by molar-refractivity contribution is 5.71. The summed E-state index contributed by atoms with van der Waals surface area (Å²) in [6.45, 7) is 13.8. The molecule has 0 rings (SSSR count). The normalized spacial score (nSPS) is 12.1. The van der Waals surface area contributed by atoms with E-state index < -0.39 is 6.10 Å². The minimum Gasteiger partial charge on any atom is -0.462 e. The van der Waals surface area contributed by atoms with Gasteiger partial charge in [0.2, 0.25) is 0 Å². The van der Waals surface area contributed by atoms with Gasteiger partial charge < -0.3 is 14.2 Å². The summed E-state index contributed by atoms with van der Waals surface area (Å²) in [5, 5.41) is 0. The molecule has 1 atom stereocenters. The summed E-state index contributed by atoms with van der Waals surface area (Å²) in [4.78, 5) is 38.1. The summed E-state index contributed by atoms with van der Waals surface area (Å²) in [5.41, 5.74) is 0. The van der Waals surface area contributed by atoms with E-state index in [0.29, 0.717) is 19.3 Å². The quantitative estimate of drug-likeness (QED) is 0.0343. The molecule has 0 spiro atoms. The molecular formula is C60H116O6. The largest absolute Gasteiger partial charge is 0.462 e. The molecule has 0 amide bonds. The fourth-order valence-electron chi connectivity index (χ4n) is 9.18. The molecule has 392 valence electrons. The van der Waals surface area contributed by atoms with E-state index in [1.165, 1.54) is 212 Å². The molecule has 0 unspecified atom stereocenters. The highest BCUT2D eigenvalue weighted by atomic mass is 16.6. The van der Waals surface area contributed by atoms with Crippen LogP contribution in [0.15, 0.2) is 0 Å². The molecule has 0 aliphatic carbocycles. The highest BCUT2D eigenvalue weighted by Gasteiger charge is 2.19. The van der Waals surface area contributed by atoms with E-state index in [1.807, 2.05) is 0 Å². The Hall–Kier alpha value is -1.59. The molecule has 66 heavy (non-hydrogen) atoms. The second-order valence-corrected chi connectivity index (χ2v) is 22.1. The van der Waals surface area contributed by atoms with Gasteiger partial charge in [-0.1, -0.05) is 292 Å².